The van der Waals surface area contributed by atoms with Gasteiger partial charge in [0.2, 0.25) is 0 Å². The molecule has 4 rings (SSSR count). The first kappa shape index (κ1) is 24.5. The van der Waals surface area contributed by atoms with Crippen LogP contribution in [-0.4, -0.2) is 23.0 Å². The van der Waals surface area contributed by atoms with Crippen LogP contribution in [0.4, 0.5) is 0 Å². The van der Waals surface area contributed by atoms with E-state index in [4.69, 9.17) is 44.3 Å². The van der Waals surface area contributed by atoms with Crippen LogP contribution in [0.3, 0.4) is 0 Å². The van der Waals surface area contributed by atoms with Gasteiger partial charge in [0.15, 0.2) is 11.5 Å². The number of benzene rings is 3. The summed E-state index contributed by atoms with van der Waals surface area (Å²) in [7, 11) is 1.51. The number of aromatic nitrogens is 2. The lowest BCUT2D eigenvalue weighted by atomic mass is 10.2. The highest BCUT2D eigenvalue weighted by Crippen LogP contribution is 2.37. The fourth-order valence-electron chi connectivity index (χ4n) is 3.26. The van der Waals surface area contributed by atoms with Crippen LogP contribution in [0, 0.1) is 6.92 Å². The van der Waals surface area contributed by atoms with Crippen LogP contribution in [0.15, 0.2) is 62.9 Å². The van der Waals surface area contributed by atoms with Gasteiger partial charge in [-0.3, -0.25) is 4.79 Å². The zero-order valence-corrected chi connectivity index (χ0v) is 21.8. The van der Waals surface area contributed by atoms with Gasteiger partial charge in [-0.05, 0) is 60.5 Å². The van der Waals surface area contributed by atoms with E-state index in [1.54, 1.807) is 43.3 Å². The number of halogens is 4. The zero-order chi connectivity index (χ0) is 24.4. The lowest BCUT2D eigenvalue weighted by molar-refractivity contribution is 0.284. The summed E-state index contributed by atoms with van der Waals surface area (Å²) in [5.41, 5.74) is 1.76. The standard InChI is InChI=1S/C24H17BrCl3N3O3/c1-13-30-21-6-4-16(25)10-17(21)24(32)31(13)29-11-15-8-20(28)23(22(9-15)33-2)34-12-14-3-5-18(26)19(27)7-14/h3-11H,12H2,1-2H3. The summed E-state index contributed by atoms with van der Waals surface area (Å²) in [6.07, 6.45) is 1.51. The van der Waals surface area contributed by atoms with Gasteiger partial charge in [-0.2, -0.15) is 9.78 Å². The molecule has 0 aliphatic carbocycles. The second kappa shape index (κ2) is 10.4. The summed E-state index contributed by atoms with van der Waals surface area (Å²) in [6.45, 7) is 1.93. The summed E-state index contributed by atoms with van der Waals surface area (Å²) < 4.78 is 13.4. The Bertz CT molecular complexity index is 1490. The zero-order valence-electron chi connectivity index (χ0n) is 18.0. The van der Waals surface area contributed by atoms with Gasteiger partial charge >= 0.3 is 0 Å². The van der Waals surface area contributed by atoms with Crippen LogP contribution >= 0.6 is 50.7 Å². The van der Waals surface area contributed by atoms with Crippen molar-refractivity contribution in [2.24, 2.45) is 5.10 Å². The second-order valence-corrected chi connectivity index (χ2v) is 9.39. The van der Waals surface area contributed by atoms with Crippen molar-refractivity contribution in [1.82, 2.24) is 9.66 Å². The van der Waals surface area contributed by atoms with Crippen molar-refractivity contribution < 1.29 is 9.47 Å². The van der Waals surface area contributed by atoms with E-state index in [0.717, 1.165) is 10.0 Å². The van der Waals surface area contributed by atoms with Gasteiger partial charge in [0.05, 0.1) is 39.3 Å². The highest BCUT2D eigenvalue weighted by atomic mass is 79.9. The molecule has 34 heavy (non-hydrogen) atoms. The molecule has 3 aromatic carbocycles. The van der Waals surface area contributed by atoms with Gasteiger partial charge in [-0.25, -0.2) is 4.98 Å². The molecular weight excluding hydrogens is 565 g/mol. The molecule has 174 valence electrons. The van der Waals surface area contributed by atoms with Crippen molar-refractivity contribution in [3.05, 3.63) is 95.4 Å². The van der Waals surface area contributed by atoms with Gasteiger partial charge in [-0.1, -0.05) is 56.8 Å². The van der Waals surface area contributed by atoms with Gasteiger partial charge in [0.25, 0.3) is 5.56 Å². The van der Waals surface area contributed by atoms with Crippen LogP contribution in [0.5, 0.6) is 11.5 Å². The van der Waals surface area contributed by atoms with Crippen molar-refractivity contribution in [2.45, 2.75) is 13.5 Å². The summed E-state index contributed by atoms with van der Waals surface area (Å²) >= 11 is 21.9. The van der Waals surface area contributed by atoms with Crippen LogP contribution in [-0.2, 0) is 6.61 Å². The normalized spacial score (nSPS) is 11.4. The molecule has 0 bridgehead atoms. The Labute approximate surface area is 218 Å². The smallest absolute Gasteiger partial charge is 0.282 e. The van der Waals surface area contributed by atoms with Crippen molar-refractivity contribution in [3.8, 4) is 11.5 Å². The summed E-state index contributed by atoms with van der Waals surface area (Å²) in [5, 5.41) is 6.02. The minimum Gasteiger partial charge on any atom is -0.493 e. The molecule has 0 amide bonds. The van der Waals surface area contributed by atoms with Crippen molar-refractivity contribution in [3.63, 3.8) is 0 Å². The maximum atomic E-state index is 12.9. The number of ether oxygens (including phenoxy) is 2. The highest BCUT2D eigenvalue weighted by Gasteiger charge is 2.13. The third-order valence-corrected chi connectivity index (χ3v) is 6.42. The molecule has 0 aliphatic rings. The number of fused-ring (bicyclic) bond motifs is 1. The second-order valence-electron chi connectivity index (χ2n) is 7.25. The quantitative estimate of drug-likeness (QED) is 0.233. The third kappa shape index (κ3) is 5.23. The van der Waals surface area contributed by atoms with Gasteiger partial charge in [0, 0.05) is 4.47 Å². The Morgan fingerprint density at radius 1 is 1.06 bits per heavy atom. The number of aryl methyl sites for hydroxylation is 1. The molecule has 0 N–H and O–H groups in total. The molecule has 0 spiro atoms. The molecule has 1 heterocycles. The lowest BCUT2D eigenvalue weighted by Gasteiger charge is -2.14. The van der Waals surface area contributed by atoms with Crippen molar-refractivity contribution in [1.29, 1.82) is 0 Å². The van der Waals surface area contributed by atoms with Gasteiger partial charge in [0.1, 0.15) is 12.4 Å². The molecule has 0 saturated heterocycles. The average molecular weight is 582 g/mol. The van der Waals surface area contributed by atoms with E-state index in [9.17, 15) is 4.79 Å². The number of nitrogens with zero attached hydrogens (tertiary/aromatic N) is 3. The topological polar surface area (TPSA) is 65.7 Å². The molecule has 0 aliphatic heterocycles. The molecule has 0 saturated carbocycles. The summed E-state index contributed by atoms with van der Waals surface area (Å²) in [4.78, 5) is 17.4. The molecular formula is C24H17BrCl3N3O3. The van der Waals surface area contributed by atoms with E-state index in [1.165, 1.54) is 18.0 Å². The number of hydrogen-bond donors (Lipinski definition) is 0. The maximum Gasteiger partial charge on any atom is 0.282 e. The van der Waals surface area contributed by atoms with E-state index in [1.807, 2.05) is 12.1 Å². The molecule has 0 fully saturated rings. The predicted molar refractivity (Wildman–Crippen MR) is 140 cm³/mol. The predicted octanol–water partition coefficient (Wildman–Crippen LogP) is 6.90. The summed E-state index contributed by atoms with van der Waals surface area (Å²) in [6, 6.07) is 14.0. The lowest BCUT2D eigenvalue weighted by Crippen LogP contribution is -2.20. The number of hydrogen-bond acceptors (Lipinski definition) is 5. The van der Waals surface area contributed by atoms with Crippen LogP contribution in [0.25, 0.3) is 10.9 Å². The molecule has 0 radical (unpaired) electrons. The van der Waals surface area contributed by atoms with E-state index < -0.39 is 0 Å². The van der Waals surface area contributed by atoms with Gasteiger partial charge < -0.3 is 9.47 Å². The first-order valence-electron chi connectivity index (χ1n) is 9.94. The minimum atomic E-state index is -0.278. The minimum absolute atomic E-state index is 0.216. The molecule has 0 unspecified atom stereocenters. The SMILES string of the molecule is COc1cc(C=Nn2c(C)nc3ccc(Br)cc3c2=O)cc(Cl)c1OCc1ccc(Cl)c(Cl)c1. The Kier molecular flexibility index (Phi) is 7.48. The first-order valence-corrected chi connectivity index (χ1v) is 11.9. The van der Waals surface area contributed by atoms with Crippen LogP contribution < -0.4 is 15.0 Å². The first-order chi connectivity index (χ1) is 16.3. The monoisotopic (exact) mass is 579 g/mol. The molecule has 1 aromatic heterocycles. The van der Waals surface area contributed by atoms with E-state index >= 15 is 0 Å². The Hall–Kier alpha value is -2.58. The Morgan fingerprint density at radius 3 is 2.59 bits per heavy atom. The average Bonchev–Trinajstić information content (AvgIpc) is 2.80. The fourth-order valence-corrected chi connectivity index (χ4v) is 4.21. The van der Waals surface area contributed by atoms with Crippen molar-refractivity contribution in [2.75, 3.05) is 7.11 Å². The molecule has 6 nitrogen and oxygen atoms in total. The molecule has 10 heteroatoms. The van der Waals surface area contributed by atoms with Crippen molar-refractivity contribution >= 4 is 67.9 Å². The maximum absolute atomic E-state index is 12.9. The van der Waals surface area contributed by atoms with Gasteiger partial charge in [-0.15, -0.1) is 0 Å². The molecule has 4 aromatic rings. The Balaban J connectivity index is 1.63. The number of rotatable bonds is 6. The van der Waals surface area contributed by atoms with E-state index in [2.05, 4.69) is 26.0 Å². The summed E-state index contributed by atoms with van der Waals surface area (Å²) in [5.74, 6) is 1.24. The Morgan fingerprint density at radius 2 is 1.85 bits per heavy atom. The molecule has 0 atom stereocenters. The van der Waals surface area contributed by atoms with Crippen LogP contribution in [0.1, 0.15) is 17.0 Å². The fraction of sp³-hybridized carbons (Fsp3) is 0.125. The van der Waals surface area contributed by atoms with E-state index in [0.29, 0.717) is 48.9 Å². The third-order valence-electron chi connectivity index (χ3n) is 4.91. The largest absolute Gasteiger partial charge is 0.493 e. The van der Waals surface area contributed by atoms with Crippen LogP contribution in [0.2, 0.25) is 15.1 Å². The van der Waals surface area contributed by atoms with E-state index in [-0.39, 0.29) is 12.2 Å². The number of methoxy groups -OCH3 is 1. The highest BCUT2D eigenvalue weighted by molar-refractivity contribution is 9.10.